The molecule has 2 aromatic carbocycles. The normalized spacial score (nSPS) is 24.3. The Morgan fingerprint density at radius 1 is 0.917 bits per heavy atom. The molecular formula is C23H27N5O8. The lowest BCUT2D eigenvalue weighted by Gasteiger charge is -2.39. The van der Waals surface area contributed by atoms with Crippen LogP contribution in [0.2, 0.25) is 0 Å². The van der Waals surface area contributed by atoms with Crippen LogP contribution < -0.4 is 4.74 Å². The molecule has 0 aliphatic carbocycles. The van der Waals surface area contributed by atoms with Gasteiger partial charge in [0.05, 0.1) is 37.3 Å². The minimum Gasteiger partial charge on any atom is -0.508 e. The summed E-state index contributed by atoms with van der Waals surface area (Å²) in [6.45, 7) is 0.0150. The smallest absolute Gasteiger partial charge is 0.186 e. The molecule has 0 amide bonds. The van der Waals surface area contributed by atoms with Gasteiger partial charge in [-0.1, -0.05) is 5.21 Å². The molecule has 1 aromatic heterocycles. The fourth-order valence-electron chi connectivity index (χ4n) is 3.38. The molecule has 36 heavy (non-hydrogen) atoms. The predicted molar refractivity (Wildman–Crippen MR) is 123 cm³/mol. The molecule has 0 radical (unpaired) electrons. The first-order valence-corrected chi connectivity index (χ1v) is 11.2. The first-order valence-electron chi connectivity index (χ1n) is 11.2. The summed E-state index contributed by atoms with van der Waals surface area (Å²) in [7, 11) is 0. The van der Waals surface area contributed by atoms with E-state index in [0.29, 0.717) is 22.8 Å². The minimum absolute atomic E-state index is 0.0759. The van der Waals surface area contributed by atoms with E-state index < -0.39 is 37.3 Å². The Bertz CT molecular complexity index is 1120. The number of hydrogen-bond donors (Lipinski definition) is 5. The highest BCUT2D eigenvalue weighted by molar-refractivity contribution is 5.43. The Kier molecular flexibility index (Phi) is 8.53. The number of aliphatic hydroxyl groups excluding tert-OH is 4. The summed E-state index contributed by atoms with van der Waals surface area (Å²) in [5.41, 5.74) is 1.84. The lowest BCUT2D eigenvalue weighted by atomic mass is 9.99. The fourth-order valence-corrected chi connectivity index (χ4v) is 3.38. The molecule has 4 rings (SSSR count). The van der Waals surface area contributed by atoms with Crippen LogP contribution in [0.5, 0.6) is 11.5 Å². The zero-order valence-corrected chi connectivity index (χ0v) is 19.1. The van der Waals surface area contributed by atoms with Crippen LogP contribution >= 0.6 is 0 Å². The van der Waals surface area contributed by atoms with Crippen molar-refractivity contribution in [1.82, 2.24) is 15.0 Å². The van der Waals surface area contributed by atoms with E-state index in [-0.39, 0.29) is 25.5 Å². The average molecular weight is 501 g/mol. The number of benzene rings is 2. The number of phenols is 1. The van der Waals surface area contributed by atoms with Crippen LogP contribution in [0.3, 0.4) is 0 Å². The topological polar surface area (TPSA) is 184 Å². The van der Waals surface area contributed by atoms with Crippen molar-refractivity contribution in [2.75, 3.05) is 13.2 Å². The third-order valence-electron chi connectivity index (χ3n) is 5.39. The van der Waals surface area contributed by atoms with Crippen molar-refractivity contribution in [3.63, 3.8) is 0 Å². The monoisotopic (exact) mass is 501 g/mol. The van der Waals surface area contributed by atoms with Crippen molar-refractivity contribution in [3.8, 4) is 11.5 Å². The van der Waals surface area contributed by atoms with E-state index in [2.05, 4.69) is 20.5 Å². The molecule has 192 valence electrons. The van der Waals surface area contributed by atoms with Gasteiger partial charge in [0.1, 0.15) is 48.2 Å². The quantitative estimate of drug-likeness (QED) is 0.249. The van der Waals surface area contributed by atoms with Gasteiger partial charge in [-0.3, -0.25) is 0 Å². The summed E-state index contributed by atoms with van der Waals surface area (Å²) in [4.78, 5) is 0. The van der Waals surface area contributed by atoms with Crippen LogP contribution in [0.1, 0.15) is 5.69 Å². The maximum absolute atomic E-state index is 10.00. The van der Waals surface area contributed by atoms with Crippen LogP contribution in [0.4, 0.5) is 11.4 Å². The van der Waals surface area contributed by atoms with E-state index in [0.717, 1.165) is 0 Å². The highest BCUT2D eigenvalue weighted by Gasteiger charge is 2.43. The van der Waals surface area contributed by atoms with Crippen LogP contribution in [0, 0.1) is 0 Å². The van der Waals surface area contributed by atoms with Crippen LogP contribution in [0.25, 0.3) is 0 Å². The summed E-state index contributed by atoms with van der Waals surface area (Å²) in [5.74, 6) is 0.774. The number of rotatable bonds is 10. The minimum atomic E-state index is -1.49. The van der Waals surface area contributed by atoms with Crippen LogP contribution in [-0.2, 0) is 22.6 Å². The molecule has 0 bridgehead atoms. The Labute approximate surface area is 205 Å². The standard InChI is InChI=1S/C23H27N5O8/c29-12-19-20(31)21(32)22(33)23(36-19)34-10-9-28-11-16(26-27-28)13-35-18-7-3-15(4-8-18)25-24-14-1-5-17(30)6-2-14/h1-8,11,19-23,29-33H,9-10,12-13H2/t19-,20-,21+,22+,23+/m1/s1. The highest BCUT2D eigenvalue weighted by atomic mass is 16.7. The first kappa shape index (κ1) is 25.6. The summed E-state index contributed by atoms with van der Waals surface area (Å²) < 4.78 is 18.0. The van der Waals surface area contributed by atoms with E-state index in [1.54, 1.807) is 42.6 Å². The lowest BCUT2D eigenvalue weighted by Crippen LogP contribution is -2.59. The van der Waals surface area contributed by atoms with Crippen molar-refractivity contribution >= 4 is 11.4 Å². The summed E-state index contributed by atoms with van der Waals surface area (Å²) >= 11 is 0. The molecule has 1 aliphatic rings. The van der Waals surface area contributed by atoms with Gasteiger partial charge >= 0.3 is 0 Å². The predicted octanol–water partition coefficient (Wildman–Crippen LogP) is 0.795. The van der Waals surface area contributed by atoms with Gasteiger partial charge in [-0.25, -0.2) is 4.68 Å². The number of aromatic hydroxyl groups is 1. The van der Waals surface area contributed by atoms with Crippen molar-refractivity contribution in [2.24, 2.45) is 10.2 Å². The largest absolute Gasteiger partial charge is 0.508 e. The second-order valence-corrected chi connectivity index (χ2v) is 8.04. The zero-order chi connectivity index (χ0) is 25.5. The molecule has 1 aliphatic heterocycles. The van der Waals surface area contributed by atoms with E-state index in [1.165, 1.54) is 16.8 Å². The molecule has 1 saturated heterocycles. The molecular weight excluding hydrogens is 474 g/mol. The Morgan fingerprint density at radius 3 is 2.25 bits per heavy atom. The third-order valence-corrected chi connectivity index (χ3v) is 5.39. The second-order valence-electron chi connectivity index (χ2n) is 8.04. The summed E-state index contributed by atoms with van der Waals surface area (Å²) in [5, 5.41) is 64.4. The highest BCUT2D eigenvalue weighted by Crippen LogP contribution is 2.24. The van der Waals surface area contributed by atoms with E-state index >= 15 is 0 Å². The molecule has 0 unspecified atom stereocenters. The summed E-state index contributed by atoms with van der Waals surface area (Å²) in [6.07, 6.45) is -4.93. The Balaban J connectivity index is 1.21. The van der Waals surface area contributed by atoms with E-state index in [1.807, 2.05) is 0 Å². The van der Waals surface area contributed by atoms with Gasteiger partial charge in [-0.15, -0.1) is 5.10 Å². The van der Waals surface area contributed by atoms with Crippen LogP contribution in [0.15, 0.2) is 65.0 Å². The van der Waals surface area contributed by atoms with Gasteiger partial charge in [0.2, 0.25) is 0 Å². The lowest BCUT2D eigenvalue weighted by molar-refractivity contribution is -0.301. The Hall–Kier alpha value is -3.46. The van der Waals surface area contributed by atoms with Crippen LogP contribution in [-0.4, -0.2) is 84.4 Å². The number of aromatic nitrogens is 3. The van der Waals surface area contributed by atoms with Gasteiger partial charge in [-0.2, -0.15) is 10.2 Å². The van der Waals surface area contributed by atoms with E-state index in [4.69, 9.17) is 14.2 Å². The van der Waals surface area contributed by atoms with E-state index in [9.17, 15) is 25.5 Å². The van der Waals surface area contributed by atoms with Gasteiger partial charge in [0.15, 0.2) is 6.29 Å². The number of nitrogens with zero attached hydrogens (tertiary/aromatic N) is 5. The maximum atomic E-state index is 10.00. The number of phenolic OH excluding ortho intramolecular Hbond substituents is 1. The molecule has 13 heteroatoms. The fraction of sp³-hybridized carbons (Fsp3) is 0.391. The molecule has 5 atom stereocenters. The second kappa shape index (κ2) is 12.0. The zero-order valence-electron chi connectivity index (χ0n) is 19.1. The third kappa shape index (κ3) is 6.60. The number of aliphatic hydroxyl groups is 4. The first-order chi connectivity index (χ1) is 17.4. The average Bonchev–Trinajstić information content (AvgIpc) is 3.35. The maximum Gasteiger partial charge on any atom is 0.186 e. The van der Waals surface area contributed by atoms with Crippen molar-refractivity contribution < 1.29 is 39.7 Å². The van der Waals surface area contributed by atoms with Gasteiger partial charge in [0, 0.05) is 0 Å². The SMILES string of the molecule is OC[C@H]1O[C@H](OCCn2cc(COc3ccc(N=Nc4ccc(O)cc4)cc3)nn2)[C@@H](O)[C@@H](O)[C@@H]1O. The molecule has 3 aromatic rings. The van der Waals surface area contributed by atoms with Gasteiger partial charge in [0.25, 0.3) is 0 Å². The van der Waals surface area contributed by atoms with Crippen molar-refractivity contribution in [1.29, 1.82) is 0 Å². The number of azo groups is 1. The molecule has 0 saturated carbocycles. The van der Waals surface area contributed by atoms with Crippen molar-refractivity contribution in [3.05, 3.63) is 60.4 Å². The number of ether oxygens (including phenoxy) is 3. The van der Waals surface area contributed by atoms with Gasteiger partial charge in [-0.05, 0) is 48.5 Å². The molecule has 13 nitrogen and oxygen atoms in total. The summed E-state index contributed by atoms with van der Waals surface area (Å²) in [6, 6.07) is 13.4. The van der Waals surface area contributed by atoms with Gasteiger partial charge < -0.3 is 39.7 Å². The van der Waals surface area contributed by atoms with Crippen molar-refractivity contribution in [2.45, 2.75) is 43.9 Å². The molecule has 1 fully saturated rings. The number of hydrogen-bond acceptors (Lipinski definition) is 12. The Morgan fingerprint density at radius 2 is 1.58 bits per heavy atom. The molecule has 5 N–H and O–H groups in total. The molecule has 0 spiro atoms. The molecule has 2 heterocycles.